The van der Waals surface area contributed by atoms with Crippen molar-refractivity contribution in [2.24, 2.45) is 0 Å². The van der Waals surface area contributed by atoms with E-state index in [0.717, 1.165) is 17.2 Å². The maximum atomic E-state index is 14.2. The summed E-state index contributed by atoms with van der Waals surface area (Å²) in [5.74, 6) is -0.801. The van der Waals surface area contributed by atoms with E-state index < -0.39 is 11.6 Å². The summed E-state index contributed by atoms with van der Waals surface area (Å²) in [7, 11) is 0. The summed E-state index contributed by atoms with van der Waals surface area (Å²) in [6.07, 6.45) is 6.28. The topological polar surface area (TPSA) is 95.2 Å². The molecular weight excluding hydrogens is 436 g/mol. The van der Waals surface area contributed by atoms with Crippen LogP contribution in [0.2, 0.25) is 5.02 Å². The summed E-state index contributed by atoms with van der Waals surface area (Å²) in [4.78, 5) is 15.6. The van der Waals surface area contributed by atoms with Crippen molar-refractivity contribution in [1.82, 2.24) is 30.1 Å². The predicted octanol–water partition coefficient (Wildman–Crippen LogP) is 5.51. The Kier molecular flexibility index (Phi) is 5.02. The van der Waals surface area contributed by atoms with Crippen LogP contribution in [0.3, 0.4) is 0 Å². The van der Waals surface area contributed by atoms with Crippen molar-refractivity contribution >= 4 is 28.6 Å². The highest BCUT2D eigenvalue weighted by molar-refractivity contribution is 6.31. The van der Waals surface area contributed by atoms with Gasteiger partial charge in [0.15, 0.2) is 11.5 Å². The summed E-state index contributed by atoms with van der Waals surface area (Å²) in [5.41, 5.74) is 4.33. The summed E-state index contributed by atoms with van der Waals surface area (Å²) in [6, 6.07) is 6.61. The number of H-pyrrole nitrogens is 2. The van der Waals surface area contributed by atoms with E-state index in [0.29, 0.717) is 38.7 Å². The van der Waals surface area contributed by atoms with Gasteiger partial charge in [-0.3, -0.25) is 5.10 Å². The molecule has 0 aliphatic carbocycles. The molecule has 0 spiro atoms. The van der Waals surface area contributed by atoms with E-state index in [4.69, 9.17) is 11.6 Å². The number of hydrogen-bond acceptors (Lipinski definition) is 5. The highest BCUT2D eigenvalue weighted by Crippen LogP contribution is 2.41. The van der Waals surface area contributed by atoms with Gasteiger partial charge in [0.25, 0.3) is 0 Å². The van der Waals surface area contributed by atoms with E-state index in [2.05, 4.69) is 35.5 Å². The smallest absolute Gasteiger partial charge is 0.182 e. The molecule has 1 unspecified atom stereocenters. The second kappa shape index (κ2) is 8.01. The second-order valence-corrected chi connectivity index (χ2v) is 7.69. The molecule has 3 heterocycles. The van der Waals surface area contributed by atoms with Crippen molar-refractivity contribution in [2.45, 2.75) is 13.0 Å². The summed E-state index contributed by atoms with van der Waals surface area (Å²) < 4.78 is 28.3. The third-order valence-electron chi connectivity index (χ3n) is 5.14. The van der Waals surface area contributed by atoms with Crippen molar-refractivity contribution in [2.75, 3.05) is 5.32 Å². The lowest BCUT2D eigenvalue weighted by Crippen LogP contribution is -2.11. The minimum Gasteiger partial charge on any atom is -0.362 e. The van der Waals surface area contributed by atoms with Crippen LogP contribution < -0.4 is 5.32 Å². The molecule has 0 fully saturated rings. The molecule has 0 aliphatic heterocycles. The van der Waals surface area contributed by atoms with Crippen LogP contribution in [-0.2, 0) is 0 Å². The fourth-order valence-electron chi connectivity index (χ4n) is 3.77. The summed E-state index contributed by atoms with van der Waals surface area (Å²) >= 11 is 6.47. The Labute approximate surface area is 185 Å². The number of benzene rings is 2. The zero-order chi connectivity index (χ0) is 22.2. The maximum Gasteiger partial charge on any atom is 0.182 e. The third-order valence-corrected chi connectivity index (χ3v) is 5.36. The number of nitrogens with zero attached hydrogens (tertiary/aromatic N) is 4. The van der Waals surface area contributed by atoms with Crippen LogP contribution in [0.5, 0.6) is 0 Å². The number of hydrogen-bond donors (Lipinski definition) is 3. The average Bonchev–Trinajstić information content (AvgIpc) is 3.45. The third kappa shape index (κ3) is 3.67. The quantitative estimate of drug-likeness (QED) is 0.327. The predicted molar refractivity (Wildman–Crippen MR) is 118 cm³/mol. The molecule has 3 aromatic heterocycles. The van der Waals surface area contributed by atoms with Crippen molar-refractivity contribution < 1.29 is 8.78 Å². The molecule has 0 amide bonds. The van der Waals surface area contributed by atoms with Gasteiger partial charge in [0.05, 0.1) is 18.6 Å². The van der Waals surface area contributed by atoms with Gasteiger partial charge in [-0.1, -0.05) is 11.6 Å². The van der Waals surface area contributed by atoms with E-state index >= 15 is 0 Å². The molecule has 0 saturated carbocycles. The molecule has 0 saturated heterocycles. The molecule has 10 heteroatoms. The van der Waals surface area contributed by atoms with E-state index in [1.807, 2.05) is 6.92 Å². The first-order chi connectivity index (χ1) is 15.5. The monoisotopic (exact) mass is 451 g/mol. The standard InChI is InChI=1S/C22H16ClF2N7/c1-11(32-22-20-21(27-9-26-20)28-10-29-22)17-4-14(23)5-18(13-7-30-31-8-13)19(17)12-2-15(24)6-16(25)3-12/h2-11H,1H3,(H,30,31)(H2,26,27,28,29,32). The summed E-state index contributed by atoms with van der Waals surface area (Å²) in [5, 5.41) is 10.6. The minimum absolute atomic E-state index is 0.345. The number of aromatic nitrogens is 6. The maximum absolute atomic E-state index is 14.2. The average molecular weight is 452 g/mol. The van der Waals surface area contributed by atoms with Gasteiger partial charge >= 0.3 is 0 Å². The lowest BCUT2D eigenvalue weighted by Gasteiger charge is -2.22. The molecule has 2 aromatic carbocycles. The van der Waals surface area contributed by atoms with E-state index in [1.54, 1.807) is 24.5 Å². The van der Waals surface area contributed by atoms with Crippen LogP contribution in [0.4, 0.5) is 14.6 Å². The van der Waals surface area contributed by atoms with Gasteiger partial charge in [0.2, 0.25) is 0 Å². The van der Waals surface area contributed by atoms with E-state index in [1.165, 1.54) is 24.8 Å². The van der Waals surface area contributed by atoms with Crippen molar-refractivity contribution in [3.63, 3.8) is 0 Å². The van der Waals surface area contributed by atoms with Gasteiger partial charge in [-0.15, -0.1) is 0 Å². The van der Waals surface area contributed by atoms with E-state index in [-0.39, 0.29) is 6.04 Å². The molecule has 3 N–H and O–H groups in total. The van der Waals surface area contributed by atoms with Gasteiger partial charge < -0.3 is 10.3 Å². The van der Waals surface area contributed by atoms with Gasteiger partial charge in [-0.25, -0.2) is 23.7 Å². The van der Waals surface area contributed by atoms with Crippen LogP contribution >= 0.6 is 11.6 Å². The Balaban J connectivity index is 1.69. The highest BCUT2D eigenvalue weighted by atomic mass is 35.5. The lowest BCUT2D eigenvalue weighted by molar-refractivity contribution is 0.584. The van der Waals surface area contributed by atoms with Crippen molar-refractivity contribution in [3.05, 3.63) is 77.6 Å². The number of anilines is 1. The fourth-order valence-corrected chi connectivity index (χ4v) is 4.00. The zero-order valence-electron chi connectivity index (χ0n) is 16.7. The van der Waals surface area contributed by atoms with E-state index in [9.17, 15) is 8.78 Å². The number of halogens is 3. The first-order valence-electron chi connectivity index (χ1n) is 9.69. The molecule has 0 bridgehead atoms. The van der Waals surface area contributed by atoms with Crippen LogP contribution in [0.1, 0.15) is 18.5 Å². The Morgan fingerprint density at radius 1 is 1.00 bits per heavy atom. The highest BCUT2D eigenvalue weighted by Gasteiger charge is 2.21. The van der Waals surface area contributed by atoms with Crippen LogP contribution in [-0.4, -0.2) is 30.1 Å². The minimum atomic E-state index is -0.672. The molecule has 160 valence electrons. The Hall–Kier alpha value is -3.85. The fraction of sp³-hybridized carbons (Fsp3) is 0.0909. The molecule has 7 nitrogen and oxygen atoms in total. The Morgan fingerprint density at radius 3 is 2.56 bits per heavy atom. The molecular formula is C22H16ClF2N7. The van der Waals surface area contributed by atoms with Gasteiger partial charge in [0, 0.05) is 22.8 Å². The lowest BCUT2D eigenvalue weighted by atomic mass is 9.88. The van der Waals surface area contributed by atoms with Crippen molar-refractivity contribution in [3.8, 4) is 22.3 Å². The molecule has 5 aromatic rings. The number of aromatic amines is 2. The second-order valence-electron chi connectivity index (χ2n) is 7.25. The number of rotatable bonds is 5. The Bertz CT molecular complexity index is 1400. The first kappa shape index (κ1) is 20.1. The molecule has 1 atom stereocenters. The Morgan fingerprint density at radius 2 is 1.81 bits per heavy atom. The largest absolute Gasteiger partial charge is 0.362 e. The number of imidazole rings is 1. The van der Waals surface area contributed by atoms with Gasteiger partial charge in [-0.05, 0) is 53.4 Å². The molecule has 32 heavy (non-hydrogen) atoms. The van der Waals surface area contributed by atoms with Crippen LogP contribution in [0.25, 0.3) is 33.4 Å². The summed E-state index contributed by atoms with van der Waals surface area (Å²) in [6.45, 7) is 1.91. The first-order valence-corrected chi connectivity index (χ1v) is 10.1. The normalized spacial score (nSPS) is 12.2. The SMILES string of the molecule is CC(Nc1ncnc2nc[nH]c12)c1cc(Cl)cc(-c2cn[nH]c2)c1-c1cc(F)cc(F)c1. The van der Waals surface area contributed by atoms with Gasteiger partial charge in [-0.2, -0.15) is 5.10 Å². The van der Waals surface area contributed by atoms with Crippen LogP contribution in [0, 0.1) is 11.6 Å². The van der Waals surface area contributed by atoms with Crippen LogP contribution in [0.15, 0.2) is 55.4 Å². The molecule has 5 rings (SSSR count). The number of nitrogens with one attached hydrogen (secondary N) is 3. The molecule has 0 radical (unpaired) electrons. The zero-order valence-corrected chi connectivity index (χ0v) is 17.5. The van der Waals surface area contributed by atoms with Gasteiger partial charge in [0.1, 0.15) is 23.5 Å². The van der Waals surface area contributed by atoms with Crippen molar-refractivity contribution in [1.29, 1.82) is 0 Å². The molecule has 0 aliphatic rings. The number of fused-ring (bicyclic) bond motifs is 1.